The Balaban J connectivity index is 2.43. The van der Waals surface area contributed by atoms with E-state index in [4.69, 9.17) is 4.74 Å². The van der Waals surface area contributed by atoms with E-state index < -0.39 is 0 Å². The molecule has 0 atom stereocenters. The fraction of sp³-hybridized carbons (Fsp3) is 0.600. The van der Waals surface area contributed by atoms with E-state index in [2.05, 4.69) is 60.2 Å². The summed E-state index contributed by atoms with van der Waals surface area (Å²) in [4.78, 5) is 0. The van der Waals surface area contributed by atoms with Crippen LogP contribution in [0, 0.1) is 5.41 Å². The van der Waals surface area contributed by atoms with E-state index in [-0.39, 0.29) is 0 Å². The van der Waals surface area contributed by atoms with Crippen molar-refractivity contribution in [1.82, 2.24) is 5.32 Å². The molecule has 0 radical (unpaired) electrons. The van der Waals surface area contributed by atoms with Gasteiger partial charge in [0.15, 0.2) is 0 Å². The fourth-order valence-electron chi connectivity index (χ4n) is 1.58. The topological polar surface area (TPSA) is 21.3 Å². The summed E-state index contributed by atoms with van der Waals surface area (Å²) >= 11 is 3.60. The van der Waals surface area contributed by atoms with Crippen molar-refractivity contribution in [1.29, 1.82) is 0 Å². The van der Waals surface area contributed by atoms with Crippen LogP contribution in [-0.4, -0.2) is 13.7 Å². The van der Waals surface area contributed by atoms with Gasteiger partial charge in [-0.3, -0.25) is 0 Å². The molecule has 0 bridgehead atoms. The third kappa shape index (κ3) is 5.98. The van der Waals surface area contributed by atoms with Gasteiger partial charge in [-0.05, 0) is 36.1 Å². The highest BCUT2D eigenvalue weighted by atomic mass is 79.9. The van der Waals surface area contributed by atoms with Gasteiger partial charge in [-0.1, -0.05) is 48.8 Å². The van der Waals surface area contributed by atoms with Gasteiger partial charge in [0.05, 0.1) is 6.61 Å². The van der Waals surface area contributed by atoms with Crippen LogP contribution in [0.5, 0.6) is 0 Å². The van der Waals surface area contributed by atoms with Gasteiger partial charge in [-0.2, -0.15) is 0 Å². The Morgan fingerprint density at radius 3 is 2.56 bits per heavy atom. The minimum absolute atomic E-state index is 0.341. The Morgan fingerprint density at radius 1 is 1.28 bits per heavy atom. The van der Waals surface area contributed by atoms with E-state index in [1.807, 2.05) is 7.05 Å². The van der Waals surface area contributed by atoms with Crippen molar-refractivity contribution in [2.45, 2.75) is 40.3 Å². The number of hydrogen-bond acceptors (Lipinski definition) is 2. The number of rotatable bonds is 6. The minimum atomic E-state index is 0.341. The molecule has 3 heteroatoms. The Morgan fingerprint density at radius 2 is 2.00 bits per heavy atom. The lowest BCUT2D eigenvalue weighted by molar-refractivity contribution is 0.0959. The summed E-state index contributed by atoms with van der Waals surface area (Å²) in [5.74, 6) is 0. The van der Waals surface area contributed by atoms with Gasteiger partial charge in [0, 0.05) is 17.6 Å². The average molecular weight is 314 g/mol. The quantitative estimate of drug-likeness (QED) is 0.798. The Hall–Kier alpha value is -0.380. The van der Waals surface area contributed by atoms with Gasteiger partial charge >= 0.3 is 0 Å². The first-order chi connectivity index (χ1) is 8.42. The first-order valence-electron chi connectivity index (χ1n) is 6.42. The van der Waals surface area contributed by atoms with Crippen LogP contribution in [0.25, 0.3) is 0 Å². The molecule has 0 unspecified atom stereocenters. The van der Waals surface area contributed by atoms with E-state index in [1.54, 1.807) is 0 Å². The SMILES string of the molecule is CNCc1ccc(COCCC(C)(C)C)c(Br)c1. The highest BCUT2D eigenvalue weighted by molar-refractivity contribution is 9.10. The summed E-state index contributed by atoms with van der Waals surface area (Å²) in [6.45, 7) is 9.09. The van der Waals surface area contributed by atoms with Crippen molar-refractivity contribution in [2.75, 3.05) is 13.7 Å². The van der Waals surface area contributed by atoms with Gasteiger partial charge in [0.1, 0.15) is 0 Å². The third-order valence-electron chi connectivity index (χ3n) is 2.75. The second-order valence-electron chi connectivity index (χ2n) is 5.82. The predicted octanol–water partition coefficient (Wildman–Crippen LogP) is 4.12. The van der Waals surface area contributed by atoms with Crippen molar-refractivity contribution in [2.24, 2.45) is 5.41 Å². The Labute approximate surface area is 119 Å². The minimum Gasteiger partial charge on any atom is -0.377 e. The summed E-state index contributed by atoms with van der Waals surface area (Å²) in [6, 6.07) is 6.43. The molecule has 1 rings (SSSR count). The molecule has 0 aliphatic rings. The van der Waals surface area contributed by atoms with Crippen LogP contribution >= 0.6 is 15.9 Å². The summed E-state index contributed by atoms with van der Waals surface area (Å²) in [6.07, 6.45) is 1.09. The largest absolute Gasteiger partial charge is 0.377 e. The normalized spacial score (nSPS) is 11.8. The predicted molar refractivity (Wildman–Crippen MR) is 80.6 cm³/mol. The molecule has 18 heavy (non-hydrogen) atoms. The molecule has 0 aliphatic heterocycles. The maximum absolute atomic E-state index is 5.73. The third-order valence-corrected chi connectivity index (χ3v) is 3.49. The molecule has 1 aromatic carbocycles. The number of benzene rings is 1. The molecular formula is C15H24BrNO. The molecule has 0 saturated heterocycles. The van der Waals surface area contributed by atoms with Gasteiger partial charge in [0.2, 0.25) is 0 Å². The van der Waals surface area contributed by atoms with Crippen molar-refractivity contribution in [3.63, 3.8) is 0 Å². The Bertz CT molecular complexity index is 371. The fourth-order valence-corrected chi connectivity index (χ4v) is 2.12. The molecule has 0 aliphatic carbocycles. The van der Waals surface area contributed by atoms with Gasteiger partial charge in [-0.15, -0.1) is 0 Å². The van der Waals surface area contributed by atoms with Crippen molar-refractivity contribution in [3.05, 3.63) is 33.8 Å². The zero-order valence-corrected chi connectivity index (χ0v) is 13.4. The number of nitrogens with one attached hydrogen (secondary N) is 1. The molecule has 0 amide bonds. The average Bonchev–Trinajstić information content (AvgIpc) is 2.26. The van der Waals surface area contributed by atoms with Gasteiger partial charge in [-0.25, -0.2) is 0 Å². The van der Waals surface area contributed by atoms with Crippen LogP contribution in [0.3, 0.4) is 0 Å². The first-order valence-corrected chi connectivity index (χ1v) is 7.21. The standard InChI is InChI=1S/C15H24BrNO/c1-15(2,3)7-8-18-11-13-6-5-12(10-17-4)9-14(13)16/h5-6,9,17H,7-8,10-11H2,1-4H3. The molecule has 0 spiro atoms. The van der Waals surface area contributed by atoms with E-state index >= 15 is 0 Å². The van der Waals surface area contributed by atoms with Crippen LogP contribution in [0.4, 0.5) is 0 Å². The molecule has 0 heterocycles. The van der Waals surface area contributed by atoms with E-state index in [0.29, 0.717) is 12.0 Å². The monoisotopic (exact) mass is 313 g/mol. The highest BCUT2D eigenvalue weighted by Gasteiger charge is 2.09. The van der Waals surface area contributed by atoms with Crippen molar-refractivity contribution < 1.29 is 4.74 Å². The van der Waals surface area contributed by atoms with Crippen LogP contribution in [-0.2, 0) is 17.9 Å². The lowest BCUT2D eigenvalue weighted by atomic mass is 9.93. The number of ether oxygens (including phenoxy) is 1. The van der Waals surface area contributed by atoms with E-state index in [9.17, 15) is 0 Å². The zero-order valence-electron chi connectivity index (χ0n) is 11.8. The first kappa shape index (κ1) is 15.7. The summed E-state index contributed by atoms with van der Waals surface area (Å²) in [5, 5.41) is 3.15. The molecule has 0 fully saturated rings. The van der Waals surface area contributed by atoms with E-state index in [0.717, 1.165) is 24.0 Å². The molecule has 1 aromatic rings. The molecule has 0 aromatic heterocycles. The summed E-state index contributed by atoms with van der Waals surface area (Å²) in [5.41, 5.74) is 2.83. The van der Waals surface area contributed by atoms with E-state index in [1.165, 1.54) is 11.1 Å². The maximum atomic E-state index is 5.73. The van der Waals surface area contributed by atoms with Crippen LogP contribution < -0.4 is 5.32 Å². The molecule has 2 nitrogen and oxygen atoms in total. The molecule has 0 saturated carbocycles. The van der Waals surface area contributed by atoms with Crippen molar-refractivity contribution >= 4 is 15.9 Å². The van der Waals surface area contributed by atoms with Gasteiger partial charge < -0.3 is 10.1 Å². The zero-order chi connectivity index (χ0) is 13.6. The Kier molecular flexibility index (Phi) is 6.33. The van der Waals surface area contributed by atoms with Crippen LogP contribution in [0.15, 0.2) is 22.7 Å². The maximum Gasteiger partial charge on any atom is 0.0727 e. The second kappa shape index (κ2) is 7.27. The lowest BCUT2D eigenvalue weighted by Crippen LogP contribution is -2.09. The van der Waals surface area contributed by atoms with Crippen molar-refractivity contribution in [3.8, 4) is 0 Å². The lowest BCUT2D eigenvalue weighted by Gasteiger charge is -2.17. The number of halogens is 1. The number of hydrogen-bond donors (Lipinski definition) is 1. The molecular weight excluding hydrogens is 290 g/mol. The van der Waals surface area contributed by atoms with Gasteiger partial charge in [0.25, 0.3) is 0 Å². The molecule has 102 valence electrons. The van der Waals surface area contributed by atoms with Crippen LogP contribution in [0.1, 0.15) is 38.3 Å². The summed E-state index contributed by atoms with van der Waals surface area (Å²) < 4.78 is 6.86. The second-order valence-corrected chi connectivity index (χ2v) is 6.67. The summed E-state index contributed by atoms with van der Waals surface area (Å²) in [7, 11) is 1.96. The smallest absolute Gasteiger partial charge is 0.0727 e. The van der Waals surface area contributed by atoms with Crippen LogP contribution in [0.2, 0.25) is 0 Å². The highest BCUT2D eigenvalue weighted by Crippen LogP contribution is 2.21. The molecule has 1 N–H and O–H groups in total.